The van der Waals surface area contributed by atoms with E-state index in [1.807, 2.05) is 0 Å². The van der Waals surface area contributed by atoms with Gasteiger partial charge in [0.25, 0.3) is 0 Å². The Morgan fingerprint density at radius 2 is 1.59 bits per heavy atom. The lowest BCUT2D eigenvalue weighted by atomic mass is 9.72. The topological polar surface area (TPSA) is 3.24 Å². The Balaban J connectivity index is 2.76. The highest BCUT2D eigenvalue weighted by Gasteiger charge is 2.37. The summed E-state index contributed by atoms with van der Waals surface area (Å²) in [5, 5.41) is 0. The number of rotatable bonds is 2. The lowest BCUT2D eigenvalue weighted by Gasteiger charge is -2.48. The first-order valence-electron chi connectivity index (χ1n) is 7.39. The fraction of sp³-hybridized carbons (Fsp3) is 1.00. The monoisotopic (exact) mass is 239 g/mol. The summed E-state index contributed by atoms with van der Waals surface area (Å²) in [7, 11) is 0. The molecule has 1 heterocycles. The van der Waals surface area contributed by atoms with Gasteiger partial charge < -0.3 is 0 Å². The molecule has 0 aromatic heterocycles. The fourth-order valence-corrected chi connectivity index (χ4v) is 3.00. The number of piperidine rings is 1. The molecule has 0 aliphatic carbocycles. The minimum Gasteiger partial charge on any atom is -0.298 e. The lowest BCUT2D eigenvalue weighted by molar-refractivity contribution is 0.00696. The summed E-state index contributed by atoms with van der Waals surface area (Å²) in [6.07, 6.45) is 4.17. The van der Waals surface area contributed by atoms with E-state index in [4.69, 9.17) is 0 Å². The Morgan fingerprint density at radius 1 is 1.00 bits per heavy atom. The summed E-state index contributed by atoms with van der Waals surface area (Å²) in [6, 6.07) is 0. The van der Waals surface area contributed by atoms with Crippen molar-refractivity contribution in [1.29, 1.82) is 0 Å². The van der Waals surface area contributed by atoms with Gasteiger partial charge in [-0.25, -0.2) is 0 Å². The maximum absolute atomic E-state index is 2.72. The van der Waals surface area contributed by atoms with Gasteiger partial charge in [-0.05, 0) is 50.9 Å². The molecule has 0 bridgehead atoms. The van der Waals surface area contributed by atoms with Crippen molar-refractivity contribution in [3.05, 3.63) is 0 Å². The van der Waals surface area contributed by atoms with E-state index in [9.17, 15) is 0 Å². The SMILES string of the molecule is CCCC1CC(C(C)(C)C)CN(C(C)(C)C)C1. The molecule has 0 aromatic rings. The number of likely N-dealkylation sites (tertiary alicyclic amines) is 1. The van der Waals surface area contributed by atoms with Crippen molar-refractivity contribution in [2.75, 3.05) is 13.1 Å². The van der Waals surface area contributed by atoms with Gasteiger partial charge in [0.15, 0.2) is 0 Å². The van der Waals surface area contributed by atoms with Gasteiger partial charge in [-0.1, -0.05) is 34.1 Å². The van der Waals surface area contributed by atoms with E-state index in [0.29, 0.717) is 11.0 Å². The molecule has 0 N–H and O–H groups in total. The molecule has 1 aliphatic rings. The first-order chi connectivity index (χ1) is 7.64. The highest BCUT2D eigenvalue weighted by Crippen LogP contribution is 2.38. The molecule has 102 valence electrons. The number of nitrogens with zero attached hydrogens (tertiary/aromatic N) is 1. The van der Waals surface area contributed by atoms with Crippen molar-refractivity contribution in [3.63, 3.8) is 0 Å². The molecule has 17 heavy (non-hydrogen) atoms. The summed E-state index contributed by atoms with van der Waals surface area (Å²) >= 11 is 0. The molecule has 0 aromatic carbocycles. The van der Waals surface area contributed by atoms with E-state index < -0.39 is 0 Å². The van der Waals surface area contributed by atoms with Gasteiger partial charge in [-0.15, -0.1) is 0 Å². The number of hydrogen-bond donors (Lipinski definition) is 0. The van der Waals surface area contributed by atoms with Crippen LogP contribution in [0, 0.1) is 17.3 Å². The molecule has 0 radical (unpaired) electrons. The van der Waals surface area contributed by atoms with Crippen LogP contribution >= 0.6 is 0 Å². The predicted molar refractivity (Wildman–Crippen MR) is 77.3 cm³/mol. The quantitative estimate of drug-likeness (QED) is 0.682. The number of hydrogen-bond acceptors (Lipinski definition) is 1. The maximum atomic E-state index is 2.72. The summed E-state index contributed by atoms with van der Waals surface area (Å²) in [4.78, 5) is 2.72. The second-order valence-corrected chi connectivity index (χ2v) is 8.03. The summed E-state index contributed by atoms with van der Waals surface area (Å²) in [5.74, 6) is 1.77. The molecule has 1 fully saturated rings. The van der Waals surface area contributed by atoms with Crippen LogP contribution in [0.4, 0.5) is 0 Å². The van der Waals surface area contributed by atoms with Crippen LogP contribution in [-0.4, -0.2) is 23.5 Å². The molecule has 0 spiro atoms. The summed E-state index contributed by atoms with van der Waals surface area (Å²) in [5.41, 5.74) is 0.784. The smallest absolute Gasteiger partial charge is 0.0125 e. The van der Waals surface area contributed by atoms with E-state index in [1.165, 1.54) is 32.4 Å². The van der Waals surface area contributed by atoms with Gasteiger partial charge in [0.2, 0.25) is 0 Å². The molecule has 1 heteroatoms. The highest BCUT2D eigenvalue weighted by atomic mass is 15.2. The Morgan fingerprint density at radius 3 is 2.00 bits per heavy atom. The van der Waals surface area contributed by atoms with Crippen molar-refractivity contribution in [2.24, 2.45) is 17.3 Å². The van der Waals surface area contributed by atoms with Crippen molar-refractivity contribution in [3.8, 4) is 0 Å². The van der Waals surface area contributed by atoms with E-state index in [2.05, 4.69) is 53.4 Å². The average Bonchev–Trinajstić information content (AvgIpc) is 2.15. The van der Waals surface area contributed by atoms with Crippen LogP contribution in [-0.2, 0) is 0 Å². The molecule has 2 atom stereocenters. The van der Waals surface area contributed by atoms with Gasteiger partial charge in [0.05, 0.1) is 0 Å². The van der Waals surface area contributed by atoms with Crippen molar-refractivity contribution in [1.82, 2.24) is 4.90 Å². The highest BCUT2D eigenvalue weighted by molar-refractivity contribution is 4.90. The zero-order valence-electron chi connectivity index (χ0n) is 13.1. The van der Waals surface area contributed by atoms with Gasteiger partial charge in [0, 0.05) is 18.6 Å². The predicted octanol–water partition coefficient (Wildman–Crippen LogP) is 4.57. The molecule has 1 nitrogen and oxygen atoms in total. The normalized spacial score (nSPS) is 28.4. The second kappa shape index (κ2) is 5.30. The molecule has 0 saturated carbocycles. The van der Waals surface area contributed by atoms with Crippen molar-refractivity contribution < 1.29 is 0 Å². The Hall–Kier alpha value is -0.0400. The van der Waals surface area contributed by atoms with Gasteiger partial charge in [-0.2, -0.15) is 0 Å². The lowest BCUT2D eigenvalue weighted by Crippen LogP contribution is -2.52. The average molecular weight is 239 g/mol. The van der Waals surface area contributed by atoms with Crippen LogP contribution in [0.1, 0.15) is 67.7 Å². The Kier molecular flexibility index (Phi) is 4.68. The van der Waals surface area contributed by atoms with Crippen LogP contribution in [0.5, 0.6) is 0 Å². The fourth-order valence-electron chi connectivity index (χ4n) is 3.00. The van der Waals surface area contributed by atoms with Crippen LogP contribution in [0.25, 0.3) is 0 Å². The van der Waals surface area contributed by atoms with E-state index in [1.54, 1.807) is 0 Å². The molecule has 1 rings (SSSR count). The third kappa shape index (κ3) is 4.28. The zero-order valence-corrected chi connectivity index (χ0v) is 13.1. The van der Waals surface area contributed by atoms with Gasteiger partial charge in [0.1, 0.15) is 0 Å². The second-order valence-electron chi connectivity index (χ2n) is 8.03. The van der Waals surface area contributed by atoms with E-state index >= 15 is 0 Å². The van der Waals surface area contributed by atoms with E-state index in [0.717, 1.165) is 11.8 Å². The largest absolute Gasteiger partial charge is 0.298 e. The summed E-state index contributed by atoms with van der Waals surface area (Å²) < 4.78 is 0. The summed E-state index contributed by atoms with van der Waals surface area (Å²) in [6.45, 7) is 19.2. The molecular weight excluding hydrogens is 206 g/mol. The maximum Gasteiger partial charge on any atom is 0.0125 e. The first-order valence-corrected chi connectivity index (χ1v) is 7.39. The van der Waals surface area contributed by atoms with Crippen molar-refractivity contribution >= 4 is 0 Å². The third-order valence-electron chi connectivity index (χ3n) is 4.41. The van der Waals surface area contributed by atoms with Crippen LogP contribution in [0.3, 0.4) is 0 Å². The first kappa shape index (κ1) is 15.0. The minimum absolute atomic E-state index is 0.329. The van der Waals surface area contributed by atoms with Crippen LogP contribution in [0.2, 0.25) is 0 Å². The van der Waals surface area contributed by atoms with Gasteiger partial charge in [-0.3, -0.25) is 4.90 Å². The minimum atomic E-state index is 0.329. The molecule has 0 amide bonds. The standard InChI is InChI=1S/C16H33N/c1-8-9-13-10-14(15(2,3)4)12-17(11-13)16(5,6)7/h13-14H,8-12H2,1-7H3. The van der Waals surface area contributed by atoms with Gasteiger partial charge >= 0.3 is 0 Å². The Labute approximate surface area is 109 Å². The van der Waals surface area contributed by atoms with E-state index in [-0.39, 0.29) is 0 Å². The van der Waals surface area contributed by atoms with Crippen LogP contribution < -0.4 is 0 Å². The van der Waals surface area contributed by atoms with Crippen LogP contribution in [0.15, 0.2) is 0 Å². The Bertz CT molecular complexity index is 209. The molecule has 2 unspecified atom stereocenters. The van der Waals surface area contributed by atoms with Crippen molar-refractivity contribution in [2.45, 2.75) is 73.3 Å². The molecule has 1 aliphatic heterocycles. The zero-order chi connectivity index (χ0) is 13.3. The molecule has 1 saturated heterocycles. The molecular formula is C16H33N. The third-order valence-corrected chi connectivity index (χ3v) is 4.41.